The molecule has 0 radical (unpaired) electrons. The quantitative estimate of drug-likeness (QED) is 0.331. The van der Waals surface area contributed by atoms with Gasteiger partial charge in [-0.05, 0) is 61.4 Å². The molecule has 2 aromatic rings. The Morgan fingerprint density at radius 3 is 2.57 bits per heavy atom. The molecule has 4 aliphatic carbocycles. The molecule has 10 nitrogen and oxygen atoms in total. The van der Waals surface area contributed by atoms with Gasteiger partial charge < -0.3 is 35.9 Å². The molecular formula is C27H26N2O8. The molecule has 192 valence electrons. The first-order chi connectivity index (χ1) is 17.6. The number of carbonyl (C=O) groups excluding carboxylic acids is 3. The average Bonchev–Trinajstić information content (AvgIpc) is 3.56. The highest BCUT2D eigenvalue weighted by molar-refractivity contribution is 6.24. The molecule has 4 aliphatic rings. The van der Waals surface area contributed by atoms with Gasteiger partial charge in [-0.1, -0.05) is 0 Å². The number of rotatable bonds is 5. The summed E-state index contributed by atoms with van der Waals surface area (Å²) in [4.78, 5) is 38.5. The van der Waals surface area contributed by atoms with Crippen LogP contribution in [0.4, 0.5) is 0 Å². The van der Waals surface area contributed by atoms with Crippen molar-refractivity contribution in [1.29, 1.82) is 0 Å². The van der Waals surface area contributed by atoms with E-state index in [0.29, 0.717) is 29.5 Å². The third-order valence-electron chi connectivity index (χ3n) is 8.01. The first kappa shape index (κ1) is 23.5. The van der Waals surface area contributed by atoms with E-state index in [0.717, 1.165) is 18.6 Å². The van der Waals surface area contributed by atoms with Crippen LogP contribution in [0.2, 0.25) is 0 Å². The number of nitrogens with one attached hydrogen (secondary N) is 1. The third kappa shape index (κ3) is 3.43. The maximum Gasteiger partial charge on any atom is 0.255 e. The summed E-state index contributed by atoms with van der Waals surface area (Å²) in [7, 11) is 0. The minimum atomic E-state index is -2.58. The lowest BCUT2D eigenvalue weighted by Gasteiger charge is -2.45. The predicted octanol–water partition coefficient (Wildman–Crippen LogP) is 2.09. The molecule has 1 heterocycles. The van der Waals surface area contributed by atoms with E-state index in [1.165, 1.54) is 6.07 Å². The van der Waals surface area contributed by atoms with E-state index in [9.17, 15) is 34.8 Å². The number of aliphatic hydroxyl groups excluding tert-OH is 2. The summed E-state index contributed by atoms with van der Waals surface area (Å²) in [6.45, 7) is 0.575. The lowest BCUT2D eigenvalue weighted by Crippen LogP contribution is -2.57. The van der Waals surface area contributed by atoms with Crippen molar-refractivity contribution >= 4 is 17.5 Å². The molecule has 0 unspecified atom stereocenters. The summed E-state index contributed by atoms with van der Waals surface area (Å²) in [5, 5.41) is 46.8. The van der Waals surface area contributed by atoms with Crippen molar-refractivity contribution < 1.29 is 39.2 Å². The highest BCUT2D eigenvalue weighted by Crippen LogP contribution is 2.52. The number of aromatic hydroxyl groups is 1. The SMILES string of the molecule is NC(=O)C1=C(O)C[C@@H]2C[C@@H]3Cc4c(-c5ccc(CNC6CC6)o5)ccc(O)c4C(=O)C3=C(O)[C@]2(O)C1=O. The molecule has 7 N–H and O–H groups in total. The summed E-state index contributed by atoms with van der Waals surface area (Å²) < 4.78 is 6.03. The number of phenols is 1. The first-order valence-electron chi connectivity index (χ1n) is 12.3. The number of amides is 1. The van der Waals surface area contributed by atoms with Crippen LogP contribution < -0.4 is 11.1 Å². The molecule has 6 rings (SSSR count). The fraction of sp³-hybridized carbons (Fsp3) is 0.370. The number of hydrogen-bond acceptors (Lipinski definition) is 9. The van der Waals surface area contributed by atoms with Gasteiger partial charge in [-0.3, -0.25) is 14.4 Å². The largest absolute Gasteiger partial charge is 0.511 e. The Labute approximate surface area is 211 Å². The second-order valence-corrected chi connectivity index (χ2v) is 10.3. The summed E-state index contributed by atoms with van der Waals surface area (Å²) >= 11 is 0. The van der Waals surface area contributed by atoms with Crippen LogP contribution in [-0.2, 0) is 22.6 Å². The number of aliphatic hydroxyl groups is 3. The molecule has 0 bridgehead atoms. The van der Waals surface area contributed by atoms with Crippen LogP contribution in [0.25, 0.3) is 11.3 Å². The number of Topliss-reactive ketones (excluding diaryl/α,β-unsaturated/α-hetero) is 2. The smallest absolute Gasteiger partial charge is 0.255 e. The van der Waals surface area contributed by atoms with Crippen molar-refractivity contribution in [3.63, 3.8) is 0 Å². The van der Waals surface area contributed by atoms with Crippen molar-refractivity contribution in [2.45, 2.75) is 50.3 Å². The van der Waals surface area contributed by atoms with Crippen LogP contribution in [0.5, 0.6) is 5.75 Å². The van der Waals surface area contributed by atoms with Crippen LogP contribution in [0.1, 0.15) is 47.4 Å². The van der Waals surface area contributed by atoms with Gasteiger partial charge in [0.05, 0.1) is 12.1 Å². The Hall–Kier alpha value is -3.89. The number of carbonyl (C=O) groups is 3. The molecule has 1 aromatic carbocycles. The van der Waals surface area contributed by atoms with Gasteiger partial charge >= 0.3 is 0 Å². The lowest BCUT2D eigenvalue weighted by molar-refractivity contribution is -0.144. The zero-order chi connectivity index (χ0) is 26.2. The number of phenolic OH excluding ortho intramolecular Hbond substituents is 1. The highest BCUT2D eigenvalue weighted by atomic mass is 16.4. The average molecular weight is 507 g/mol. The van der Waals surface area contributed by atoms with E-state index < -0.39 is 52.0 Å². The summed E-state index contributed by atoms with van der Waals surface area (Å²) in [6, 6.07) is 7.20. The zero-order valence-corrected chi connectivity index (χ0v) is 19.8. The van der Waals surface area contributed by atoms with Crippen LogP contribution in [0.15, 0.2) is 51.3 Å². The van der Waals surface area contributed by atoms with Crippen LogP contribution in [-0.4, -0.2) is 49.5 Å². The van der Waals surface area contributed by atoms with Gasteiger partial charge in [0.1, 0.15) is 34.4 Å². The van der Waals surface area contributed by atoms with Crippen LogP contribution in [0.3, 0.4) is 0 Å². The molecule has 1 saturated carbocycles. The Bertz CT molecular complexity index is 1450. The highest BCUT2D eigenvalue weighted by Gasteiger charge is 2.59. The van der Waals surface area contributed by atoms with Crippen molar-refractivity contribution in [3.8, 4) is 17.1 Å². The van der Waals surface area contributed by atoms with E-state index in [2.05, 4.69) is 5.32 Å². The maximum absolute atomic E-state index is 13.7. The van der Waals surface area contributed by atoms with E-state index >= 15 is 0 Å². The predicted molar refractivity (Wildman–Crippen MR) is 128 cm³/mol. The first-order valence-corrected chi connectivity index (χ1v) is 12.3. The summed E-state index contributed by atoms with van der Waals surface area (Å²) in [5.74, 6) is -5.22. The van der Waals surface area contributed by atoms with Gasteiger partial charge in [0, 0.05) is 29.5 Å². The zero-order valence-electron chi connectivity index (χ0n) is 19.8. The minimum Gasteiger partial charge on any atom is -0.511 e. The van der Waals surface area contributed by atoms with Gasteiger partial charge in [-0.2, -0.15) is 0 Å². The Balaban J connectivity index is 1.42. The van der Waals surface area contributed by atoms with E-state index in [-0.39, 0.29) is 36.1 Å². The molecule has 1 aromatic heterocycles. The van der Waals surface area contributed by atoms with Gasteiger partial charge in [0.2, 0.25) is 5.78 Å². The number of nitrogens with two attached hydrogens (primary N) is 1. The molecule has 10 heteroatoms. The topological polar surface area (TPSA) is 183 Å². The molecule has 0 aliphatic heterocycles. The van der Waals surface area contributed by atoms with Gasteiger partial charge in [-0.15, -0.1) is 0 Å². The molecule has 0 spiro atoms. The van der Waals surface area contributed by atoms with Crippen LogP contribution in [0, 0.1) is 11.8 Å². The fourth-order valence-corrected chi connectivity index (χ4v) is 6.00. The van der Waals surface area contributed by atoms with E-state index in [4.69, 9.17) is 10.2 Å². The van der Waals surface area contributed by atoms with Crippen molar-refractivity contribution in [3.05, 3.63) is 63.8 Å². The number of ketones is 2. The second kappa shape index (κ2) is 8.06. The van der Waals surface area contributed by atoms with Crippen molar-refractivity contribution in [2.75, 3.05) is 0 Å². The minimum absolute atomic E-state index is 0.0387. The van der Waals surface area contributed by atoms with Crippen molar-refractivity contribution in [2.24, 2.45) is 17.6 Å². The Kier molecular flexibility index (Phi) is 5.12. The standard InChI is InChI=1S/C27H26N2O8/c28-26(35)22-18(31)9-12-7-11-8-16-15(19-6-3-14(37-19)10-29-13-1-2-13)4-5-17(30)21(16)23(32)20(11)24(33)27(12,36)25(22)34/h3-6,11-13,29-31,33,36H,1-2,7-10H2,(H2,28,35)/t11-,12+,27+/m1/s1. The normalized spacial score (nSPS) is 27.2. The number of fused-ring (bicyclic) bond motifs is 3. The number of furan rings is 1. The summed E-state index contributed by atoms with van der Waals surface area (Å²) in [6.07, 6.45) is 2.31. The maximum atomic E-state index is 13.7. The molecule has 37 heavy (non-hydrogen) atoms. The lowest BCUT2D eigenvalue weighted by atomic mass is 9.60. The molecular weight excluding hydrogens is 480 g/mol. The summed E-state index contributed by atoms with van der Waals surface area (Å²) in [5.41, 5.74) is 2.79. The van der Waals surface area contributed by atoms with Gasteiger partial charge in [0.25, 0.3) is 5.91 Å². The number of hydrogen-bond donors (Lipinski definition) is 6. The second-order valence-electron chi connectivity index (χ2n) is 10.3. The Morgan fingerprint density at radius 2 is 1.86 bits per heavy atom. The molecule has 0 saturated heterocycles. The Morgan fingerprint density at radius 1 is 1.11 bits per heavy atom. The molecule has 1 amide bonds. The van der Waals surface area contributed by atoms with Gasteiger partial charge in [-0.25, -0.2) is 0 Å². The monoisotopic (exact) mass is 506 g/mol. The van der Waals surface area contributed by atoms with Gasteiger partial charge in [0.15, 0.2) is 11.4 Å². The van der Waals surface area contributed by atoms with E-state index in [1.54, 1.807) is 12.1 Å². The number of primary amides is 1. The van der Waals surface area contributed by atoms with Crippen molar-refractivity contribution in [1.82, 2.24) is 5.32 Å². The fourth-order valence-electron chi connectivity index (χ4n) is 6.00. The number of benzene rings is 1. The van der Waals surface area contributed by atoms with Crippen LogP contribution >= 0.6 is 0 Å². The number of allylic oxidation sites excluding steroid dienone is 2. The molecule has 1 fully saturated rings. The van der Waals surface area contributed by atoms with E-state index in [1.807, 2.05) is 6.07 Å². The molecule has 3 atom stereocenters. The third-order valence-corrected chi connectivity index (χ3v) is 8.01.